The molecule has 6 heteroatoms. The predicted octanol–water partition coefficient (Wildman–Crippen LogP) is 5.28. The summed E-state index contributed by atoms with van der Waals surface area (Å²) in [7, 11) is 0. The zero-order valence-corrected chi connectivity index (χ0v) is 15.5. The molecule has 0 radical (unpaired) electrons. The molecule has 3 aromatic rings. The molecule has 2 amide bonds. The smallest absolute Gasteiger partial charge is 0.319 e. The third-order valence-corrected chi connectivity index (χ3v) is 5.32. The zero-order valence-electron chi connectivity index (χ0n) is 15.5. The summed E-state index contributed by atoms with van der Waals surface area (Å²) >= 11 is 0. The van der Waals surface area contributed by atoms with Gasteiger partial charge in [-0.2, -0.15) is 0 Å². The van der Waals surface area contributed by atoms with E-state index in [1.165, 1.54) is 12.1 Å². The van der Waals surface area contributed by atoms with E-state index in [0.717, 1.165) is 35.9 Å². The van der Waals surface area contributed by atoms with E-state index in [9.17, 15) is 13.6 Å². The van der Waals surface area contributed by atoms with E-state index >= 15 is 0 Å². The standard InChI is InChI=1S/C22H21F2N3O/c1-13-9-19-16(12-25-13)6-8-20(24)21(19)27-22(28)26-18-7-5-15(11-18)14-3-2-4-17(23)10-14/h2-4,6,8-10,12,15,18H,5,7,11H2,1H3,(H2,26,27,28)/t15-,18+/m1/s1. The molecule has 28 heavy (non-hydrogen) atoms. The molecule has 1 aliphatic carbocycles. The zero-order chi connectivity index (χ0) is 19.7. The Bertz CT molecular complexity index is 1030. The minimum Gasteiger partial charge on any atom is -0.335 e. The fourth-order valence-corrected chi connectivity index (χ4v) is 3.93. The van der Waals surface area contributed by atoms with Gasteiger partial charge in [0.25, 0.3) is 0 Å². The van der Waals surface area contributed by atoms with E-state index < -0.39 is 11.8 Å². The quantitative estimate of drug-likeness (QED) is 0.649. The molecule has 4 nitrogen and oxygen atoms in total. The van der Waals surface area contributed by atoms with E-state index in [1.54, 1.807) is 30.5 Å². The Labute approximate surface area is 162 Å². The SMILES string of the molecule is Cc1cc2c(NC(=O)N[C@H]3CC[C@@H](c4cccc(F)c4)C3)c(F)ccc2cn1. The van der Waals surface area contributed by atoms with Gasteiger partial charge in [-0.25, -0.2) is 13.6 Å². The van der Waals surface area contributed by atoms with Crippen LogP contribution in [0.5, 0.6) is 0 Å². The van der Waals surface area contributed by atoms with Gasteiger partial charge in [-0.05, 0) is 68.0 Å². The molecule has 2 N–H and O–H groups in total. The molecule has 1 heterocycles. The van der Waals surface area contributed by atoms with Gasteiger partial charge in [0.05, 0.1) is 5.69 Å². The molecule has 2 atom stereocenters. The Balaban J connectivity index is 1.45. The maximum atomic E-state index is 14.3. The van der Waals surface area contributed by atoms with Crippen LogP contribution in [0.25, 0.3) is 10.8 Å². The van der Waals surface area contributed by atoms with Crippen LogP contribution in [0.15, 0.2) is 48.7 Å². The van der Waals surface area contributed by atoms with Gasteiger partial charge in [0.1, 0.15) is 11.6 Å². The molecule has 0 aliphatic heterocycles. The molecule has 2 aromatic carbocycles. The summed E-state index contributed by atoms with van der Waals surface area (Å²) < 4.78 is 27.8. The van der Waals surface area contributed by atoms with Gasteiger partial charge in [-0.15, -0.1) is 0 Å². The summed E-state index contributed by atoms with van der Waals surface area (Å²) in [6.07, 6.45) is 4.07. The van der Waals surface area contributed by atoms with Crippen molar-refractivity contribution in [2.45, 2.75) is 38.1 Å². The minimum absolute atomic E-state index is 0.0327. The fourth-order valence-electron chi connectivity index (χ4n) is 3.93. The Morgan fingerprint density at radius 3 is 2.82 bits per heavy atom. The number of halogens is 2. The third kappa shape index (κ3) is 3.81. The fraction of sp³-hybridized carbons (Fsp3) is 0.273. The molecule has 1 aromatic heterocycles. The van der Waals surface area contributed by atoms with E-state index in [4.69, 9.17) is 0 Å². The summed E-state index contributed by atoms with van der Waals surface area (Å²) in [5.41, 5.74) is 1.85. The van der Waals surface area contributed by atoms with E-state index in [1.807, 2.05) is 13.0 Å². The molecule has 1 fully saturated rings. The molecule has 1 aliphatic rings. The lowest BCUT2D eigenvalue weighted by Gasteiger charge is -2.16. The number of amides is 2. The summed E-state index contributed by atoms with van der Waals surface area (Å²) in [6.45, 7) is 1.82. The molecule has 144 valence electrons. The van der Waals surface area contributed by atoms with Crippen molar-refractivity contribution < 1.29 is 13.6 Å². The molecular formula is C22H21F2N3O. The number of nitrogens with one attached hydrogen (secondary N) is 2. The maximum absolute atomic E-state index is 14.3. The van der Waals surface area contributed by atoms with E-state index in [2.05, 4.69) is 15.6 Å². The number of aromatic nitrogens is 1. The average Bonchev–Trinajstić information content (AvgIpc) is 3.12. The summed E-state index contributed by atoms with van der Waals surface area (Å²) in [5.74, 6) is -0.524. The van der Waals surface area contributed by atoms with Gasteiger partial charge in [0.15, 0.2) is 0 Å². The number of carbonyl (C=O) groups is 1. The van der Waals surface area contributed by atoms with Crippen LogP contribution in [0, 0.1) is 18.6 Å². The lowest BCUT2D eigenvalue weighted by Crippen LogP contribution is -2.36. The lowest BCUT2D eigenvalue weighted by molar-refractivity contribution is 0.248. The number of hydrogen-bond acceptors (Lipinski definition) is 2. The second-order valence-electron chi connectivity index (χ2n) is 7.33. The highest BCUT2D eigenvalue weighted by Crippen LogP contribution is 2.35. The molecule has 0 spiro atoms. The molecular weight excluding hydrogens is 360 g/mol. The number of carbonyl (C=O) groups excluding carboxylic acids is 1. The van der Waals surface area contributed by atoms with Crippen LogP contribution in [-0.2, 0) is 0 Å². The molecule has 1 saturated carbocycles. The molecule has 0 unspecified atom stereocenters. The van der Waals surface area contributed by atoms with Crippen molar-refractivity contribution in [3.8, 4) is 0 Å². The van der Waals surface area contributed by atoms with Gasteiger partial charge in [-0.1, -0.05) is 12.1 Å². The largest absolute Gasteiger partial charge is 0.335 e. The Kier molecular flexibility index (Phi) is 4.94. The van der Waals surface area contributed by atoms with Crippen molar-refractivity contribution >= 4 is 22.5 Å². The number of hydrogen-bond donors (Lipinski definition) is 2. The molecule has 0 bridgehead atoms. The molecule has 4 rings (SSSR count). The van der Waals surface area contributed by atoms with E-state index in [-0.39, 0.29) is 23.5 Å². The Morgan fingerprint density at radius 1 is 1.14 bits per heavy atom. The normalized spacial score (nSPS) is 19.0. The second kappa shape index (κ2) is 7.54. The monoisotopic (exact) mass is 381 g/mol. The van der Waals surface area contributed by atoms with Gasteiger partial charge in [0.2, 0.25) is 0 Å². The van der Waals surface area contributed by atoms with Gasteiger partial charge >= 0.3 is 6.03 Å². The first-order valence-corrected chi connectivity index (χ1v) is 9.37. The van der Waals surface area contributed by atoms with Crippen LogP contribution in [-0.4, -0.2) is 17.1 Å². The predicted molar refractivity (Wildman–Crippen MR) is 105 cm³/mol. The first-order chi connectivity index (χ1) is 13.5. The second-order valence-corrected chi connectivity index (χ2v) is 7.33. The van der Waals surface area contributed by atoms with Gasteiger partial charge < -0.3 is 10.6 Å². The Hall–Kier alpha value is -3.02. The summed E-state index contributed by atoms with van der Waals surface area (Å²) in [6, 6.07) is 10.8. The van der Waals surface area contributed by atoms with Crippen LogP contribution < -0.4 is 10.6 Å². The lowest BCUT2D eigenvalue weighted by atomic mass is 9.97. The van der Waals surface area contributed by atoms with Crippen molar-refractivity contribution in [1.29, 1.82) is 0 Å². The van der Waals surface area contributed by atoms with Crippen molar-refractivity contribution in [1.82, 2.24) is 10.3 Å². The number of urea groups is 1. The summed E-state index contributed by atoms with van der Waals surface area (Å²) in [4.78, 5) is 16.7. The van der Waals surface area contributed by atoms with Crippen molar-refractivity contribution in [2.24, 2.45) is 0 Å². The first kappa shape index (κ1) is 18.3. The topological polar surface area (TPSA) is 54.0 Å². The first-order valence-electron chi connectivity index (χ1n) is 9.37. The van der Waals surface area contributed by atoms with Crippen LogP contribution in [0.4, 0.5) is 19.3 Å². The Morgan fingerprint density at radius 2 is 2.00 bits per heavy atom. The molecule has 0 saturated heterocycles. The third-order valence-electron chi connectivity index (χ3n) is 5.32. The number of pyridine rings is 1. The van der Waals surface area contributed by atoms with Crippen LogP contribution in [0.3, 0.4) is 0 Å². The summed E-state index contributed by atoms with van der Waals surface area (Å²) in [5, 5.41) is 6.96. The van der Waals surface area contributed by atoms with Crippen molar-refractivity contribution in [3.63, 3.8) is 0 Å². The van der Waals surface area contributed by atoms with E-state index in [0.29, 0.717) is 5.39 Å². The highest BCUT2D eigenvalue weighted by Gasteiger charge is 2.27. The van der Waals surface area contributed by atoms with Gasteiger partial charge in [-0.3, -0.25) is 4.98 Å². The number of anilines is 1. The van der Waals surface area contributed by atoms with Crippen LogP contribution in [0.1, 0.15) is 36.4 Å². The number of benzene rings is 2. The average molecular weight is 381 g/mol. The maximum Gasteiger partial charge on any atom is 0.319 e. The van der Waals surface area contributed by atoms with Gasteiger partial charge in [0, 0.05) is 28.7 Å². The van der Waals surface area contributed by atoms with Crippen molar-refractivity contribution in [2.75, 3.05) is 5.32 Å². The van der Waals surface area contributed by atoms with Crippen molar-refractivity contribution in [3.05, 3.63) is 71.6 Å². The highest BCUT2D eigenvalue weighted by molar-refractivity contribution is 6.01. The number of fused-ring (bicyclic) bond motifs is 1. The minimum atomic E-state index is -0.489. The van der Waals surface area contributed by atoms with Crippen LogP contribution >= 0.6 is 0 Å². The number of rotatable bonds is 3. The highest BCUT2D eigenvalue weighted by atomic mass is 19.1. The number of aryl methyl sites for hydroxylation is 1. The number of nitrogens with zero attached hydrogens (tertiary/aromatic N) is 1. The van der Waals surface area contributed by atoms with Crippen LogP contribution in [0.2, 0.25) is 0 Å².